The molecule has 0 aliphatic rings. The molecule has 0 spiro atoms. The Labute approximate surface area is 113 Å². The van der Waals surface area contributed by atoms with Crippen LogP contribution in [-0.2, 0) is 0 Å². The predicted molar refractivity (Wildman–Crippen MR) is 76.2 cm³/mol. The molecule has 19 heavy (non-hydrogen) atoms. The summed E-state index contributed by atoms with van der Waals surface area (Å²) >= 11 is 0. The summed E-state index contributed by atoms with van der Waals surface area (Å²) in [5.74, 6) is -0.248. The Morgan fingerprint density at radius 2 is 1.79 bits per heavy atom. The quantitative estimate of drug-likeness (QED) is 0.895. The lowest BCUT2D eigenvalue weighted by atomic mass is 10.1. The van der Waals surface area contributed by atoms with Crippen LogP contribution in [0.3, 0.4) is 0 Å². The molecule has 1 atom stereocenters. The van der Waals surface area contributed by atoms with Gasteiger partial charge in [0.15, 0.2) is 0 Å². The smallest absolute Gasteiger partial charge is 0.125 e. The lowest BCUT2D eigenvalue weighted by Gasteiger charge is -2.20. The molecule has 0 saturated heterocycles. The number of nitrogens with zero attached hydrogens (tertiary/aromatic N) is 1. The first-order valence-corrected chi connectivity index (χ1v) is 6.39. The summed E-state index contributed by atoms with van der Waals surface area (Å²) in [4.78, 5) is 1.91. The van der Waals surface area contributed by atoms with E-state index in [1.54, 1.807) is 6.07 Å². The van der Waals surface area contributed by atoms with E-state index in [2.05, 4.69) is 0 Å². The normalized spacial score (nSPS) is 12.2. The molecule has 3 heteroatoms. The highest BCUT2D eigenvalue weighted by Crippen LogP contribution is 2.26. The number of hydrogen-bond donors (Lipinski definition) is 1. The van der Waals surface area contributed by atoms with Gasteiger partial charge in [-0.1, -0.05) is 25.1 Å². The minimum atomic E-state index is -0.423. The second-order valence-corrected chi connectivity index (χ2v) is 4.55. The van der Waals surface area contributed by atoms with Crippen LogP contribution in [0.4, 0.5) is 15.8 Å². The highest BCUT2D eigenvalue weighted by Gasteiger charge is 2.07. The van der Waals surface area contributed by atoms with Crippen LogP contribution < -0.4 is 4.90 Å². The monoisotopic (exact) mass is 259 g/mol. The van der Waals surface area contributed by atoms with Crippen molar-refractivity contribution in [1.82, 2.24) is 0 Å². The van der Waals surface area contributed by atoms with E-state index in [9.17, 15) is 9.50 Å². The molecule has 0 aromatic heterocycles. The van der Waals surface area contributed by atoms with Crippen molar-refractivity contribution < 1.29 is 9.50 Å². The Bertz CT molecular complexity index is 539. The fraction of sp³-hybridized carbons (Fsp3) is 0.250. The molecule has 0 fully saturated rings. The molecular weight excluding hydrogens is 241 g/mol. The number of benzene rings is 2. The standard InChI is InChI=1S/C16H18FNO/c1-3-16(19)12-7-9-14(10-8-12)18(2)15-6-4-5-13(17)11-15/h4-11,16,19H,3H2,1-2H3/t16-/m1/s1. The first-order valence-electron chi connectivity index (χ1n) is 6.39. The second-order valence-electron chi connectivity index (χ2n) is 4.55. The summed E-state index contributed by atoms with van der Waals surface area (Å²) in [5, 5.41) is 9.75. The predicted octanol–water partition coefficient (Wildman–Crippen LogP) is 4.04. The van der Waals surface area contributed by atoms with Crippen LogP contribution in [0, 0.1) is 5.82 Å². The number of aliphatic hydroxyl groups is 1. The van der Waals surface area contributed by atoms with E-state index in [1.165, 1.54) is 12.1 Å². The maximum atomic E-state index is 13.2. The minimum absolute atomic E-state index is 0.248. The fourth-order valence-electron chi connectivity index (χ4n) is 1.99. The molecular formula is C16H18FNO. The summed E-state index contributed by atoms with van der Waals surface area (Å²) in [6.45, 7) is 1.94. The van der Waals surface area contributed by atoms with Crippen LogP contribution in [-0.4, -0.2) is 12.2 Å². The summed E-state index contributed by atoms with van der Waals surface area (Å²) in [6, 6.07) is 14.1. The Morgan fingerprint density at radius 1 is 1.11 bits per heavy atom. The van der Waals surface area contributed by atoms with E-state index in [0.717, 1.165) is 16.9 Å². The van der Waals surface area contributed by atoms with Crippen LogP contribution in [0.25, 0.3) is 0 Å². The second kappa shape index (κ2) is 5.85. The van der Waals surface area contributed by atoms with E-state index in [1.807, 2.05) is 49.2 Å². The van der Waals surface area contributed by atoms with Gasteiger partial charge in [-0.3, -0.25) is 0 Å². The maximum Gasteiger partial charge on any atom is 0.125 e. The molecule has 0 unspecified atom stereocenters. The largest absolute Gasteiger partial charge is 0.388 e. The summed E-state index contributed by atoms with van der Waals surface area (Å²) in [7, 11) is 1.89. The fourth-order valence-corrected chi connectivity index (χ4v) is 1.99. The summed E-state index contributed by atoms with van der Waals surface area (Å²) in [6.07, 6.45) is 0.271. The number of rotatable bonds is 4. The van der Waals surface area contributed by atoms with Crippen molar-refractivity contribution in [3.8, 4) is 0 Å². The first kappa shape index (κ1) is 13.6. The van der Waals surface area contributed by atoms with Gasteiger partial charge in [0.2, 0.25) is 0 Å². The van der Waals surface area contributed by atoms with Gasteiger partial charge in [0.25, 0.3) is 0 Å². The van der Waals surface area contributed by atoms with Crippen LogP contribution in [0.1, 0.15) is 25.0 Å². The van der Waals surface area contributed by atoms with Crippen molar-refractivity contribution in [3.63, 3.8) is 0 Å². The Kier molecular flexibility index (Phi) is 4.17. The van der Waals surface area contributed by atoms with Crippen molar-refractivity contribution in [3.05, 3.63) is 59.9 Å². The highest BCUT2D eigenvalue weighted by atomic mass is 19.1. The molecule has 1 N–H and O–H groups in total. The number of hydrogen-bond acceptors (Lipinski definition) is 2. The van der Waals surface area contributed by atoms with Gasteiger partial charge in [-0.05, 0) is 42.3 Å². The van der Waals surface area contributed by atoms with Crippen molar-refractivity contribution in [2.45, 2.75) is 19.4 Å². The van der Waals surface area contributed by atoms with Crippen LogP contribution in [0.5, 0.6) is 0 Å². The lowest BCUT2D eigenvalue weighted by Crippen LogP contribution is -2.09. The van der Waals surface area contributed by atoms with Gasteiger partial charge in [0, 0.05) is 18.4 Å². The zero-order chi connectivity index (χ0) is 13.8. The van der Waals surface area contributed by atoms with Gasteiger partial charge in [0.05, 0.1) is 6.10 Å². The van der Waals surface area contributed by atoms with E-state index < -0.39 is 6.10 Å². The molecule has 0 saturated carbocycles. The summed E-state index contributed by atoms with van der Waals surface area (Å²) in [5.41, 5.74) is 2.65. The molecule has 2 rings (SSSR count). The van der Waals surface area contributed by atoms with E-state index in [4.69, 9.17) is 0 Å². The van der Waals surface area contributed by atoms with Crippen molar-refractivity contribution >= 4 is 11.4 Å². The molecule has 0 aliphatic heterocycles. The Hall–Kier alpha value is -1.87. The van der Waals surface area contributed by atoms with Gasteiger partial charge in [-0.25, -0.2) is 4.39 Å². The molecule has 0 aliphatic carbocycles. The first-order chi connectivity index (χ1) is 9.11. The molecule has 2 nitrogen and oxygen atoms in total. The van der Waals surface area contributed by atoms with Crippen LogP contribution in [0.15, 0.2) is 48.5 Å². The van der Waals surface area contributed by atoms with E-state index in [0.29, 0.717) is 6.42 Å². The minimum Gasteiger partial charge on any atom is -0.388 e. The average molecular weight is 259 g/mol. The molecule has 2 aromatic rings. The number of aliphatic hydroxyl groups excluding tert-OH is 1. The molecule has 0 heterocycles. The molecule has 100 valence electrons. The topological polar surface area (TPSA) is 23.5 Å². The summed E-state index contributed by atoms with van der Waals surface area (Å²) < 4.78 is 13.2. The Balaban J connectivity index is 2.22. The molecule has 0 bridgehead atoms. The number of halogens is 1. The van der Waals surface area contributed by atoms with Crippen molar-refractivity contribution in [1.29, 1.82) is 0 Å². The van der Waals surface area contributed by atoms with Crippen LogP contribution in [0.2, 0.25) is 0 Å². The third kappa shape index (κ3) is 3.12. The Morgan fingerprint density at radius 3 is 2.37 bits per heavy atom. The van der Waals surface area contributed by atoms with E-state index >= 15 is 0 Å². The zero-order valence-electron chi connectivity index (χ0n) is 11.2. The van der Waals surface area contributed by atoms with Gasteiger partial charge in [-0.2, -0.15) is 0 Å². The third-order valence-electron chi connectivity index (χ3n) is 3.25. The van der Waals surface area contributed by atoms with Gasteiger partial charge in [0.1, 0.15) is 5.82 Å². The van der Waals surface area contributed by atoms with Crippen LogP contribution >= 0.6 is 0 Å². The van der Waals surface area contributed by atoms with Crippen molar-refractivity contribution in [2.24, 2.45) is 0 Å². The lowest BCUT2D eigenvalue weighted by molar-refractivity contribution is 0.173. The molecule has 2 aromatic carbocycles. The van der Waals surface area contributed by atoms with Gasteiger partial charge < -0.3 is 10.0 Å². The third-order valence-corrected chi connectivity index (χ3v) is 3.25. The zero-order valence-corrected chi connectivity index (χ0v) is 11.2. The average Bonchev–Trinajstić information content (AvgIpc) is 2.46. The van der Waals surface area contributed by atoms with Gasteiger partial charge >= 0.3 is 0 Å². The molecule has 0 amide bonds. The van der Waals surface area contributed by atoms with E-state index in [-0.39, 0.29) is 5.82 Å². The van der Waals surface area contributed by atoms with Crippen molar-refractivity contribution in [2.75, 3.05) is 11.9 Å². The SMILES string of the molecule is CC[C@@H](O)c1ccc(N(C)c2cccc(F)c2)cc1. The molecule has 0 radical (unpaired) electrons. The number of anilines is 2. The highest BCUT2D eigenvalue weighted by molar-refractivity contribution is 5.62. The van der Waals surface area contributed by atoms with Gasteiger partial charge in [-0.15, -0.1) is 0 Å². The maximum absolute atomic E-state index is 13.2.